The lowest BCUT2D eigenvalue weighted by atomic mass is 9.45. The number of Topliss-reactive ketones (excluding diaryl/α,β-unsaturated/α-hetero) is 1. The fourth-order valence-electron chi connectivity index (χ4n) is 9.23. The number of aliphatic hydroxyl groups is 2. The van der Waals surface area contributed by atoms with Crippen LogP contribution in [0.3, 0.4) is 0 Å². The molecule has 2 heterocycles. The Balaban J connectivity index is 1.12. The number of thiazole rings is 1. The molecule has 0 saturated heterocycles. The molecule has 0 bridgehead atoms. The molecule has 8 nitrogen and oxygen atoms in total. The van der Waals surface area contributed by atoms with Gasteiger partial charge < -0.3 is 20.2 Å². The number of aromatic nitrogens is 3. The molecular formula is C32H36N4O4S2. The Morgan fingerprint density at radius 1 is 1.31 bits per heavy atom. The Kier molecular flexibility index (Phi) is 6.63. The number of phenolic OH excluding ortho intramolecular Hbond substituents is 1. The third-order valence-electron chi connectivity index (χ3n) is 11.2. The van der Waals surface area contributed by atoms with Crippen LogP contribution in [0.4, 0.5) is 0 Å². The topological polar surface area (TPSA) is 113 Å². The second-order valence-electron chi connectivity index (χ2n) is 13.2. The zero-order valence-electron chi connectivity index (χ0n) is 23.9. The maximum Gasteiger partial charge on any atom is 0.234 e. The smallest absolute Gasteiger partial charge is 0.234 e. The molecule has 3 N–H and O–H groups in total. The number of ketones is 1. The van der Waals surface area contributed by atoms with Crippen LogP contribution in [-0.4, -0.2) is 59.9 Å². The second-order valence-corrected chi connectivity index (χ2v) is 15.4. The Hall–Kier alpha value is -2.71. The number of hydrogen-bond donors (Lipinski definition) is 3. The van der Waals surface area contributed by atoms with Gasteiger partial charge in [-0.3, -0.25) is 9.48 Å². The maximum absolute atomic E-state index is 13.8. The minimum absolute atomic E-state index is 0.0568. The summed E-state index contributed by atoms with van der Waals surface area (Å²) in [6.07, 6.45) is 7.87. The van der Waals surface area contributed by atoms with Crippen LogP contribution in [0.5, 0.6) is 5.75 Å². The molecule has 3 saturated carbocycles. The predicted octanol–water partition coefficient (Wildman–Crippen LogP) is 5.36. The van der Waals surface area contributed by atoms with E-state index in [1.165, 1.54) is 34.2 Å². The van der Waals surface area contributed by atoms with Crippen molar-refractivity contribution in [2.75, 3.05) is 12.3 Å². The molecule has 7 rings (SSSR count). The van der Waals surface area contributed by atoms with E-state index in [-0.39, 0.29) is 40.5 Å². The highest BCUT2D eigenvalue weighted by Gasteiger charge is 2.68. The molecule has 0 spiro atoms. The van der Waals surface area contributed by atoms with Gasteiger partial charge in [-0.15, -0.1) is 11.3 Å². The first-order chi connectivity index (χ1) is 20.1. The molecule has 0 radical (unpaired) electrons. The molecule has 7 atom stereocenters. The van der Waals surface area contributed by atoms with Crippen molar-refractivity contribution in [1.29, 1.82) is 0 Å². The number of rotatable bonds is 6. The van der Waals surface area contributed by atoms with Crippen LogP contribution in [0.25, 0.3) is 21.1 Å². The molecule has 4 aliphatic carbocycles. The Morgan fingerprint density at radius 2 is 2.14 bits per heavy atom. The summed E-state index contributed by atoms with van der Waals surface area (Å²) in [4.78, 5) is 21.8. The van der Waals surface area contributed by atoms with Crippen LogP contribution in [0.1, 0.15) is 57.2 Å². The summed E-state index contributed by atoms with van der Waals surface area (Å²) in [5.41, 5.74) is 1.96. The van der Waals surface area contributed by atoms with Crippen LogP contribution >= 0.6 is 23.1 Å². The van der Waals surface area contributed by atoms with Crippen LogP contribution in [-0.2, 0) is 17.8 Å². The number of hydrogen-bond acceptors (Lipinski definition) is 8. The van der Waals surface area contributed by atoms with Crippen molar-refractivity contribution in [2.45, 2.75) is 75.0 Å². The average molecular weight is 605 g/mol. The van der Waals surface area contributed by atoms with Crippen LogP contribution < -0.4 is 0 Å². The molecule has 42 heavy (non-hydrogen) atoms. The van der Waals surface area contributed by atoms with Gasteiger partial charge in [0.05, 0.1) is 34.0 Å². The molecule has 0 amide bonds. The van der Waals surface area contributed by atoms with Crippen molar-refractivity contribution in [2.24, 2.45) is 28.6 Å². The van der Waals surface area contributed by atoms with Gasteiger partial charge in [-0.2, -0.15) is 5.10 Å². The fraction of sp³-hybridized carbons (Fsp3) is 0.562. The highest BCUT2D eigenvalue weighted by Crippen LogP contribution is 2.67. The first-order valence-corrected chi connectivity index (χ1v) is 16.6. The molecule has 4 aliphatic rings. The predicted molar refractivity (Wildman–Crippen MR) is 163 cm³/mol. The van der Waals surface area contributed by atoms with Crippen molar-refractivity contribution in [1.82, 2.24) is 14.8 Å². The van der Waals surface area contributed by atoms with Gasteiger partial charge in [0.25, 0.3) is 0 Å². The number of thioether (sulfide) groups is 1. The molecule has 2 aromatic heterocycles. The lowest BCUT2D eigenvalue weighted by molar-refractivity contribution is -0.177. The third-order valence-corrected chi connectivity index (χ3v) is 13.4. The van der Waals surface area contributed by atoms with E-state index in [0.29, 0.717) is 31.4 Å². The summed E-state index contributed by atoms with van der Waals surface area (Å²) < 4.78 is 3.63. The summed E-state index contributed by atoms with van der Waals surface area (Å²) in [6.45, 7) is 12.5. The number of nitrogens with zero attached hydrogens (tertiary/aromatic N) is 4. The van der Waals surface area contributed by atoms with Crippen molar-refractivity contribution < 1.29 is 20.1 Å². The summed E-state index contributed by atoms with van der Waals surface area (Å²) in [7, 11) is 0. The monoisotopic (exact) mass is 604 g/mol. The molecule has 3 aromatic rings. The van der Waals surface area contributed by atoms with E-state index in [9.17, 15) is 20.1 Å². The number of benzene rings is 1. The molecule has 220 valence electrons. The zero-order chi connectivity index (χ0) is 29.4. The zero-order valence-corrected chi connectivity index (χ0v) is 25.5. The maximum atomic E-state index is 13.8. The van der Waals surface area contributed by atoms with Crippen LogP contribution in [0, 0.1) is 35.2 Å². The van der Waals surface area contributed by atoms with E-state index >= 15 is 0 Å². The number of carbonyl (C=O) groups excluding carboxylic acids is 1. The summed E-state index contributed by atoms with van der Waals surface area (Å²) in [6, 6.07) is 5.07. The quantitative estimate of drug-likeness (QED) is 0.256. The highest BCUT2D eigenvalue weighted by atomic mass is 32.2. The van der Waals surface area contributed by atoms with Gasteiger partial charge in [-0.1, -0.05) is 31.2 Å². The van der Waals surface area contributed by atoms with E-state index in [1.54, 1.807) is 12.1 Å². The Morgan fingerprint density at radius 3 is 2.95 bits per heavy atom. The van der Waals surface area contributed by atoms with E-state index in [0.717, 1.165) is 40.4 Å². The van der Waals surface area contributed by atoms with Crippen molar-refractivity contribution in [3.05, 3.63) is 52.6 Å². The van der Waals surface area contributed by atoms with Gasteiger partial charge >= 0.3 is 0 Å². The molecule has 1 aromatic carbocycles. The Labute approximate surface area is 253 Å². The van der Waals surface area contributed by atoms with E-state index in [2.05, 4.69) is 27.9 Å². The van der Waals surface area contributed by atoms with Crippen molar-refractivity contribution >= 4 is 45.2 Å². The number of aromatic hydroxyl groups is 1. The number of allylic oxidation sites excluding steroid dienone is 1. The van der Waals surface area contributed by atoms with Gasteiger partial charge in [-0.05, 0) is 85.5 Å². The standard InChI is InChI=1S/C32H36N4O4S2/c1-30-14-18-16-34-36(11-10-33-3)24(18)12-19(30)4-6-21-22-8-9-32(40,31(22,2)15-25(38)28(21)30)27(39)17-41-29-35-23-13-20(37)5-7-26(23)42-29/h5,7,12-13,16,21-22,25,28,37-38,40H,4,6,8-11,14-15,17H2,1-2H3/t21?,22?,25-,28?,30?,31?,32-/m0/s1. The molecule has 0 aliphatic heterocycles. The van der Waals surface area contributed by atoms with Gasteiger partial charge in [0, 0.05) is 11.5 Å². The number of phenols is 1. The summed E-state index contributed by atoms with van der Waals surface area (Å²) in [5, 5.41) is 38.3. The van der Waals surface area contributed by atoms with Crippen molar-refractivity contribution in [3.8, 4) is 5.75 Å². The number of carbonyl (C=O) groups is 1. The third kappa shape index (κ3) is 4.04. The minimum Gasteiger partial charge on any atom is -0.508 e. The van der Waals surface area contributed by atoms with Crippen LogP contribution in [0.2, 0.25) is 0 Å². The van der Waals surface area contributed by atoms with E-state index < -0.39 is 17.1 Å². The normalized spacial score (nSPS) is 35.1. The SMILES string of the molecule is [C-]#[N+]CCn1ncc2c1C=C1CCC3C([C@@H](O)CC4(C)C3CC[C@]4(O)C(=O)CSc3nc4cc(O)ccc4s3)C1(C)C2. The second kappa shape index (κ2) is 9.91. The minimum atomic E-state index is -1.48. The largest absolute Gasteiger partial charge is 0.508 e. The lowest BCUT2D eigenvalue weighted by Gasteiger charge is -2.60. The van der Waals surface area contributed by atoms with Gasteiger partial charge in [0.1, 0.15) is 17.9 Å². The molecule has 10 heteroatoms. The first kappa shape index (κ1) is 28.1. The summed E-state index contributed by atoms with van der Waals surface area (Å²) in [5.74, 6) is 0.554. The molecular weight excluding hydrogens is 569 g/mol. The van der Waals surface area contributed by atoms with Gasteiger partial charge in [0.2, 0.25) is 6.54 Å². The van der Waals surface area contributed by atoms with E-state index in [1.807, 2.05) is 23.9 Å². The first-order valence-electron chi connectivity index (χ1n) is 14.8. The summed E-state index contributed by atoms with van der Waals surface area (Å²) >= 11 is 2.82. The molecule has 3 fully saturated rings. The fourth-order valence-corrected chi connectivity index (χ4v) is 11.2. The van der Waals surface area contributed by atoms with Gasteiger partial charge in [0.15, 0.2) is 10.1 Å². The van der Waals surface area contributed by atoms with E-state index in [4.69, 9.17) is 6.57 Å². The lowest BCUT2D eigenvalue weighted by Crippen LogP contribution is -2.62. The van der Waals surface area contributed by atoms with Gasteiger partial charge in [-0.25, -0.2) is 11.6 Å². The Bertz CT molecular complexity index is 1660. The van der Waals surface area contributed by atoms with Crippen LogP contribution in [0.15, 0.2) is 34.3 Å². The van der Waals surface area contributed by atoms with Crippen molar-refractivity contribution in [3.63, 3.8) is 0 Å². The molecule has 5 unspecified atom stereocenters. The number of aliphatic hydroxyl groups excluding tert-OH is 1. The highest BCUT2D eigenvalue weighted by molar-refractivity contribution is 8.01. The average Bonchev–Trinajstić information content (AvgIpc) is 3.61. The number of fused-ring (bicyclic) bond motifs is 7.